The second kappa shape index (κ2) is 6.86. The van der Waals surface area contributed by atoms with Gasteiger partial charge in [-0.15, -0.1) is 0 Å². The highest BCUT2D eigenvalue weighted by Crippen LogP contribution is 2.18. The summed E-state index contributed by atoms with van der Waals surface area (Å²) in [4.78, 5) is 38.1. The second-order valence-electron chi connectivity index (χ2n) is 6.09. The van der Waals surface area contributed by atoms with Gasteiger partial charge in [-0.3, -0.25) is 23.4 Å². The summed E-state index contributed by atoms with van der Waals surface area (Å²) < 4.78 is 4.11. The molecular weight excluding hydrogens is 310 g/mol. The van der Waals surface area contributed by atoms with Crippen LogP contribution in [0.2, 0.25) is 0 Å². The fourth-order valence-electron chi connectivity index (χ4n) is 3.12. The lowest BCUT2D eigenvalue weighted by atomic mass is 10.0. The Morgan fingerprint density at radius 2 is 2.12 bits per heavy atom. The summed E-state index contributed by atoms with van der Waals surface area (Å²) in [6.45, 7) is 1.29. The summed E-state index contributed by atoms with van der Waals surface area (Å²) >= 11 is 0. The molecule has 3 rings (SSSR count). The molecule has 0 unspecified atom stereocenters. The Morgan fingerprint density at radius 1 is 1.29 bits per heavy atom. The maximum absolute atomic E-state index is 12.7. The molecule has 1 aliphatic heterocycles. The summed E-state index contributed by atoms with van der Waals surface area (Å²) in [5.74, 6) is -0.104. The summed E-state index contributed by atoms with van der Waals surface area (Å²) in [6, 6.07) is 3.24. The Bertz CT molecular complexity index is 821. The average molecular weight is 331 g/mol. The first-order chi connectivity index (χ1) is 11.6. The van der Waals surface area contributed by atoms with Gasteiger partial charge in [0.1, 0.15) is 6.54 Å². The van der Waals surface area contributed by atoms with E-state index in [2.05, 4.69) is 5.10 Å². The minimum Gasteiger partial charge on any atom is -0.336 e. The number of carbonyl (C=O) groups is 1. The van der Waals surface area contributed by atoms with Crippen molar-refractivity contribution in [1.29, 1.82) is 0 Å². The maximum atomic E-state index is 12.7. The largest absolute Gasteiger partial charge is 0.336 e. The third kappa shape index (κ3) is 3.32. The van der Waals surface area contributed by atoms with Crippen LogP contribution in [-0.2, 0) is 24.9 Å². The van der Waals surface area contributed by atoms with Crippen LogP contribution < -0.4 is 11.2 Å². The minimum atomic E-state index is -0.475. The summed E-state index contributed by atoms with van der Waals surface area (Å²) in [6.07, 6.45) is 7.95. The summed E-state index contributed by atoms with van der Waals surface area (Å²) in [5.41, 5.74) is -0.852. The Labute approximate surface area is 138 Å². The van der Waals surface area contributed by atoms with E-state index in [1.807, 2.05) is 21.8 Å². The zero-order valence-electron chi connectivity index (χ0n) is 13.7. The summed E-state index contributed by atoms with van der Waals surface area (Å²) in [7, 11) is 1.41. The van der Waals surface area contributed by atoms with Gasteiger partial charge in [-0.2, -0.15) is 5.10 Å². The number of hydrogen-bond donors (Lipinski definition) is 0. The van der Waals surface area contributed by atoms with E-state index in [9.17, 15) is 14.4 Å². The maximum Gasteiger partial charge on any atom is 0.331 e. The highest BCUT2D eigenvalue weighted by Gasteiger charge is 2.27. The molecule has 1 fully saturated rings. The number of nitrogens with zero attached hydrogens (tertiary/aromatic N) is 5. The van der Waals surface area contributed by atoms with Gasteiger partial charge in [-0.25, -0.2) is 4.79 Å². The molecule has 1 saturated heterocycles. The molecule has 24 heavy (non-hydrogen) atoms. The van der Waals surface area contributed by atoms with Crippen molar-refractivity contribution in [2.45, 2.75) is 38.4 Å². The first-order valence-electron chi connectivity index (χ1n) is 8.09. The number of piperidine rings is 1. The van der Waals surface area contributed by atoms with Crippen molar-refractivity contribution in [2.24, 2.45) is 7.05 Å². The lowest BCUT2D eigenvalue weighted by molar-refractivity contribution is -0.136. The number of likely N-dealkylation sites (tertiary alicyclic amines) is 1. The smallest absolute Gasteiger partial charge is 0.331 e. The highest BCUT2D eigenvalue weighted by atomic mass is 16.2. The van der Waals surface area contributed by atoms with Gasteiger partial charge < -0.3 is 4.90 Å². The van der Waals surface area contributed by atoms with Crippen molar-refractivity contribution in [3.05, 3.63) is 51.6 Å². The molecule has 8 heteroatoms. The van der Waals surface area contributed by atoms with Crippen molar-refractivity contribution in [3.63, 3.8) is 0 Å². The van der Waals surface area contributed by atoms with Crippen LogP contribution in [0.15, 0.2) is 40.3 Å². The van der Waals surface area contributed by atoms with Gasteiger partial charge in [0.2, 0.25) is 5.91 Å². The molecule has 0 spiro atoms. The number of amides is 1. The van der Waals surface area contributed by atoms with Gasteiger partial charge in [0, 0.05) is 38.2 Å². The zero-order valence-corrected chi connectivity index (χ0v) is 13.7. The van der Waals surface area contributed by atoms with Crippen molar-refractivity contribution in [1.82, 2.24) is 23.8 Å². The molecule has 0 radical (unpaired) electrons. The lowest BCUT2D eigenvalue weighted by Gasteiger charge is -2.36. The molecule has 0 aliphatic carbocycles. The molecule has 0 bridgehead atoms. The van der Waals surface area contributed by atoms with E-state index in [1.165, 1.54) is 23.9 Å². The van der Waals surface area contributed by atoms with Crippen LogP contribution in [0, 0.1) is 0 Å². The van der Waals surface area contributed by atoms with Gasteiger partial charge >= 0.3 is 5.69 Å². The van der Waals surface area contributed by atoms with Crippen LogP contribution >= 0.6 is 0 Å². The molecule has 128 valence electrons. The van der Waals surface area contributed by atoms with Crippen molar-refractivity contribution < 1.29 is 4.79 Å². The lowest BCUT2D eigenvalue weighted by Crippen LogP contribution is -2.48. The van der Waals surface area contributed by atoms with Gasteiger partial charge in [0.25, 0.3) is 5.56 Å². The van der Waals surface area contributed by atoms with Gasteiger partial charge in [-0.1, -0.05) is 0 Å². The van der Waals surface area contributed by atoms with E-state index < -0.39 is 5.69 Å². The van der Waals surface area contributed by atoms with E-state index in [-0.39, 0.29) is 24.1 Å². The molecule has 1 aliphatic rings. The van der Waals surface area contributed by atoms with Crippen molar-refractivity contribution in [3.8, 4) is 0 Å². The molecular formula is C16H21N5O3. The first-order valence-corrected chi connectivity index (χ1v) is 8.09. The molecule has 0 N–H and O–H groups in total. The van der Waals surface area contributed by atoms with Crippen molar-refractivity contribution in [2.75, 3.05) is 6.54 Å². The Hall–Kier alpha value is -2.64. The normalized spacial score (nSPS) is 17.9. The van der Waals surface area contributed by atoms with E-state index in [4.69, 9.17) is 0 Å². The molecule has 0 aromatic carbocycles. The number of rotatable bonds is 4. The van der Waals surface area contributed by atoms with E-state index in [0.717, 1.165) is 23.8 Å². The van der Waals surface area contributed by atoms with Gasteiger partial charge in [0.15, 0.2) is 0 Å². The molecule has 2 aromatic heterocycles. The Balaban J connectivity index is 1.76. The quantitative estimate of drug-likeness (QED) is 0.778. The fourth-order valence-corrected chi connectivity index (χ4v) is 3.12. The van der Waals surface area contributed by atoms with Crippen LogP contribution in [0.1, 0.15) is 19.3 Å². The van der Waals surface area contributed by atoms with E-state index in [1.54, 1.807) is 6.20 Å². The van der Waals surface area contributed by atoms with Crippen LogP contribution in [0.25, 0.3) is 0 Å². The van der Waals surface area contributed by atoms with Gasteiger partial charge in [-0.05, 0) is 25.3 Å². The SMILES string of the molecule is Cn1c(=O)ccn(CC(=O)N2CCCC[C@H]2Cn2cccn2)c1=O. The Kier molecular flexibility index (Phi) is 4.64. The number of aromatic nitrogens is 4. The van der Waals surface area contributed by atoms with E-state index >= 15 is 0 Å². The van der Waals surface area contributed by atoms with Crippen molar-refractivity contribution >= 4 is 5.91 Å². The molecule has 3 heterocycles. The molecule has 8 nitrogen and oxygen atoms in total. The zero-order chi connectivity index (χ0) is 17.1. The second-order valence-corrected chi connectivity index (χ2v) is 6.09. The minimum absolute atomic E-state index is 0.0530. The molecule has 1 atom stereocenters. The number of carbonyl (C=O) groups excluding carboxylic acids is 1. The average Bonchev–Trinajstić information content (AvgIpc) is 3.09. The highest BCUT2D eigenvalue weighted by molar-refractivity contribution is 5.76. The summed E-state index contributed by atoms with van der Waals surface area (Å²) in [5, 5.41) is 4.21. The molecule has 1 amide bonds. The van der Waals surface area contributed by atoms with Crippen LogP contribution in [-0.4, -0.2) is 42.3 Å². The van der Waals surface area contributed by atoms with Crippen LogP contribution in [0.4, 0.5) is 0 Å². The first kappa shape index (κ1) is 16.2. The molecule has 2 aromatic rings. The van der Waals surface area contributed by atoms with Gasteiger partial charge in [0.05, 0.1) is 12.6 Å². The number of hydrogen-bond acceptors (Lipinski definition) is 4. The topological polar surface area (TPSA) is 82.1 Å². The van der Waals surface area contributed by atoms with Crippen LogP contribution in [0.3, 0.4) is 0 Å². The van der Waals surface area contributed by atoms with Crippen LogP contribution in [0.5, 0.6) is 0 Å². The third-order valence-electron chi connectivity index (χ3n) is 4.47. The molecule has 0 saturated carbocycles. The van der Waals surface area contributed by atoms with E-state index in [0.29, 0.717) is 13.1 Å². The predicted molar refractivity (Wildman–Crippen MR) is 87.5 cm³/mol. The standard InChI is InChI=1S/C16H21N5O3/c1-18-14(22)6-10-19(16(18)24)12-15(23)21-9-3-2-5-13(21)11-20-8-4-7-17-20/h4,6-8,10,13H,2-3,5,9,11-12H2,1H3/t13-/m0/s1. The Morgan fingerprint density at radius 3 is 2.88 bits per heavy atom. The monoisotopic (exact) mass is 331 g/mol. The predicted octanol–water partition coefficient (Wildman–Crippen LogP) is -0.175. The fraction of sp³-hybridized carbons (Fsp3) is 0.500. The third-order valence-corrected chi connectivity index (χ3v) is 4.47.